The number of carbonyl (C=O) groups is 1. The van der Waals surface area contributed by atoms with Crippen molar-refractivity contribution >= 4 is 11.7 Å². The number of alkyl halides is 3. The second-order valence-corrected chi connectivity index (χ2v) is 11.0. The van der Waals surface area contributed by atoms with Crippen LogP contribution in [0.5, 0.6) is 0 Å². The number of carboxylic acid groups (broad SMARTS) is 1. The van der Waals surface area contributed by atoms with Gasteiger partial charge in [-0.3, -0.25) is 4.79 Å². The predicted molar refractivity (Wildman–Crippen MR) is 150 cm³/mol. The number of fused-ring (bicyclic) bond motifs is 1. The van der Waals surface area contributed by atoms with E-state index >= 15 is 0 Å². The Morgan fingerprint density at radius 2 is 1.82 bits per heavy atom. The fraction of sp³-hybridized carbons (Fsp3) is 0.500. The predicted octanol–water partition coefficient (Wildman–Crippen LogP) is 7.84. The SMILES string of the molecule is CCN(CCCCC(=O)O)c1cc2c(cc1CC(CCc1cc(C)cc(C(F)(F)F)c1)c1cc(C)no1)CCC2. The van der Waals surface area contributed by atoms with Crippen molar-refractivity contribution < 1.29 is 27.6 Å². The number of anilines is 1. The number of nitrogens with zero attached hydrogens (tertiary/aromatic N) is 2. The number of benzene rings is 2. The molecule has 5 nitrogen and oxygen atoms in total. The maximum atomic E-state index is 13.5. The molecule has 216 valence electrons. The number of hydrogen-bond donors (Lipinski definition) is 1. The average molecular weight is 557 g/mol. The third-order valence-corrected chi connectivity index (χ3v) is 7.84. The number of halogens is 3. The third-order valence-electron chi connectivity index (χ3n) is 7.84. The van der Waals surface area contributed by atoms with E-state index in [9.17, 15) is 18.0 Å². The maximum absolute atomic E-state index is 13.5. The molecule has 3 aromatic rings. The van der Waals surface area contributed by atoms with Crippen molar-refractivity contribution in [3.63, 3.8) is 0 Å². The van der Waals surface area contributed by atoms with Crippen LogP contribution in [0.3, 0.4) is 0 Å². The molecule has 1 unspecified atom stereocenters. The van der Waals surface area contributed by atoms with Crippen molar-refractivity contribution in [1.82, 2.24) is 5.16 Å². The Hall–Kier alpha value is -3.29. The maximum Gasteiger partial charge on any atom is 0.416 e. The largest absolute Gasteiger partial charge is 0.481 e. The first-order valence-electron chi connectivity index (χ1n) is 14.3. The molecule has 1 aliphatic rings. The first-order valence-corrected chi connectivity index (χ1v) is 14.3. The molecular formula is C32H39F3N2O3. The van der Waals surface area contributed by atoms with E-state index in [4.69, 9.17) is 9.63 Å². The van der Waals surface area contributed by atoms with Crippen molar-refractivity contribution in [2.45, 2.75) is 90.7 Å². The van der Waals surface area contributed by atoms with E-state index < -0.39 is 17.7 Å². The Labute approximate surface area is 234 Å². The number of aryl methyl sites for hydroxylation is 5. The molecule has 1 heterocycles. The topological polar surface area (TPSA) is 66.6 Å². The zero-order chi connectivity index (χ0) is 28.9. The number of hydrogen-bond acceptors (Lipinski definition) is 4. The van der Waals surface area contributed by atoms with E-state index in [2.05, 4.69) is 29.1 Å². The number of aromatic nitrogens is 1. The molecule has 1 aromatic heterocycles. The van der Waals surface area contributed by atoms with Gasteiger partial charge in [-0.25, -0.2) is 0 Å². The third kappa shape index (κ3) is 7.67. The Bertz CT molecular complexity index is 1320. The highest BCUT2D eigenvalue weighted by molar-refractivity contribution is 5.66. The summed E-state index contributed by atoms with van der Waals surface area (Å²) >= 11 is 0. The zero-order valence-electron chi connectivity index (χ0n) is 23.6. The molecule has 0 saturated heterocycles. The summed E-state index contributed by atoms with van der Waals surface area (Å²) < 4.78 is 46.1. The summed E-state index contributed by atoms with van der Waals surface area (Å²) in [6.45, 7) is 7.25. The van der Waals surface area contributed by atoms with Crippen LogP contribution in [0.2, 0.25) is 0 Å². The van der Waals surface area contributed by atoms with Crippen LogP contribution in [0.15, 0.2) is 40.9 Å². The summed E-state index contributed by atoms with van der Waals surface area (Å²) in [6.07, 6.45) is 2.22. The van der Waals surface area contributed by atoms with Gasteiger partial charge in [0.1, 0.15) is 5.76 Å². The lowest BCUT2D eigenvalue weighted by Crippen LogP contribution is -2.26. The molecular weight excluding hydrogens is 517 g/mol. The standard InChI is InChI=1S/C32H39F3N2O3/c1-4-37(13-6-5-10-31(38)39)29-20-25-9-7-8-24(25)18-27(29)19-26(30-16-22(3)36-40-30)12-11-23-14-21(2)15-28(17-23)32(33,34)35/h14-18,20,26H,4-13,19H2,1-3H3,(H,38,39). The van der Waals surface area contributed by atoms with Gasteiger partial charge in [-0.1, -0.05) is 22.9 Å². The van der Waals surface area contributed by atoms with Crippen molar-refractivity contribution in [3.05, 3.63) is 81.2 Å². The van der Waals surface area contributed by atoms with Gasteiger partial charge < -0.3 is 14.5 Å². The minimum atomic E-state index is -4.38. The van der Waals surface area contributed by atoms with Crippen LogP contribution in [-0.4, -0.2) is 29.3 Å². The first-order chi connectivity index (χ1) is 19.0. The number of carboxylic acids is 1. The number of aliphatic carboxylic acids is 1. The van der Waals surface area contributed by atoms with Crippen molar-refractivity contribution in [1.29, 1.82) is 0 Å². The summed E-state index contributed by atoms with van der Waals surface area (Å²) in [5.41, 5.74) is 6.51. The van der Waals surface area contributed by atoms with E-state index in [1.165, 1.54) is 28.8 Å². The van der Waals surface area contributed by atoms with Crippen molar-refractivity contribution in [3.8, 4) is 0 Å². The van der Waals surface area contributed by atoms with Gasteiger partial charge >= 0.3 is 12.1 Å². The van der Waals surface area contributed by atoms with Crippen LogP contribution in [0, 0.1) is 13.8 Å². The minimum Gasteiger partial charge on any atom is -0.481 e. The Kier molecular flexibility index (Phi) is 9.59. The average Bonchev–Trinajstić information content (AvgIpc) is 3.53. The van der Waals surface area contributed by atoms with E-state index in [-0.39, 0.29) is 12.3 Å². The summed E-state index contributed by atoms with van der Waals surface area (Å²) in [4.78, 5) is 13.3. The minimum absolute atomic E-state index is 0.0556. The number of rotatable bonds is 13. The lowest BCUT2D eigenvalue weighted by molar-refractivity contribution is -0.138. The lowest BCUT2D eigenvalue weighted by Gasteiger charge is -2.28. The highest BCUT2D eigenvalue weighted by atomic mass is 19.4. The van der Waals surface area contributed by atoms with Gasteiger partial charge in [0.25, 0.3) is 0 Å². The van der Waals surface area contributed by atoms with E-state index in [0.717, 1.165) is 55.9 Å². The summed E-state index contributed by atoms with van der Waals surface area (Å²) in [5, 5.41) is 13.1. The number of unbranched alkanes of at least 4 members (excludes halogenated alkanes) is 1. The van der Waals surface area contributed by atoms with Gasteiger partial charge in [-0.2, -0.15) is 13.2 Å². The highest BCUT2D eigenvalue weighted by Crippen LogP contribution is 2.36. The Balaban J connectivity index is 1.61. The lowest BCUT2D eigenvalue weighted by atomic mass is 9.88. The molecule has 8 heteroatoms. The van der Waals surface area contributed by atoms with Gasteiger partial charge in [-0.15, -0.1) is 0 Å². The second kappa shape index (κ2) is 12.9. The van der Waals surface area contributed by atoms with Crippen LogP contribution < -0.4 is 4.90 Å². The quantitative estimate of drug-likeness (QED) is 0.217. The van der Waals surface area contributed by atoms with Crippen molar-refractivity contribution in [2.75, 3.05) is 18.0 Å². The molecule has 0 amide bonds. The molecule has 0 fully saturated rings. The second-order valence-electron chi connectivity index (χ2n) is 11.0. The molecule has 0 spiro atoms. The molecule has 0 aliphatic heterocycles. The smallest absolute Gasteiger partial charge is 0.416 e. The molecule has 0 bridgehead atoms. The molecule has 0 saturated carbocycles. The van der Waals surface area contributed by atoms with Crippen LogP contribution in [0.4, 0.5) is 18.9 Å². The van der Waals surface area contributed by atoms with Crippen molar-refractivity contribution in [2.24, 2.45) is 0 Å². The van der Waals surface area contributed by atoms with Gasteiger partial charge in [-0.05, 0) is 113 Å². The summed E-state index contributed by atoms with van der Waals surface area (Å²) in [7, 11) is 0. The first kappa shape index (κ1) is 29.7. The highest BCUT2D eigenvalue weighted by Gasteiger charge is 2.31. The normalized spacial score (nSPS) is 13.8. The van der Waals surface area contributed by atoms with Crippen LogP contribution in [-0.2, 0) is 36.7 Å². The van der Waals surface area contributed by atoms with Gasteiger partial charge in [0, 0.05) is 37.2 Å². The van der Waals surface area contributed by atoms with Crippen LogP contribution in [0.25, 0.3) is 0 Å². The van der Waals surface area contributed by atoms with E-state index in [1.54, 1.807) is 6.92 Å². The summed E-state index contributed by atoms with van der Waals surface area (Å²) in [5.74, 6) is -0.0838. The Morgan fingerprint density at radius 1 is 1.07 bits per heavy atom. The molecule has 1 N–H and O–H groups in total. The van der Waals surface area contributed by atoms with Crippen LogP contribution >= 0.6 is 0 Å². The van der Waals surface area contributed by atoms with E-state index in [0.29, 0.717) is 36.8 Å². The molecule has 4 rings (SSSR count). The molecule has 1 aliphatic carbocycles. The van der Waals surface area contributed by atoms with Crippen LogP contribution in [0.1, 0.15) is 89.8 Å². The zero-order valence-corrected chi connectivity index (χ0v) is 23.6. The Morgan fingerprint density at radius 3 is 2.48 bits per heavy atom. The van der Waals surface area contributed by atoms with E-state index in [1.807, 2.05) is 19.1 Å². The fourth-order valence-electron chi connectivity index (χ4n) is 5.85. The monoisotopic (exact) mass is 556 g/mol. The molecule has 2 aromatic carbocycles. The van der Waals surface area contributed by atoms with Gasteiger partial charge in [0.2, 0.25) is 0 Å². The molecule has 40 heavy (non-hydrogen) atoms. The fourth-order valence-corrected chi connectivity index (χ4v) is 5.85. The van der Waals surface area contributed by atoms with Gasteiger partial charge in [0.05, 0.1) is 11.3 Å². The molecule has 1 atom stereocenters. The van der Waals surface area contributed by atoms with Gasteiger partial charge in [0.15, 0.2) is 0 Å². The summed E-state index contributed by atoms with van der Waals surface area (Å²) in [6, 6.07) is 10.8. The molecule has 0 radical (unpaired) electrons.